The van der Waals surface area contributed by atoms with Gasteiger partial charge in [-0.25, -0.2) is 4.98 Å². The summed E-state index contributed by atoms with van der Waals surface area (Å²) in [5.74, 6) is 0.766. The quantitative estimate of drug-likeness (QED) is 0.783. The number of nitrogens with zero attached hydrogens (tertiary/aromatic N) is 3. The lowest BCUT2D eigenvalue weighted by atomic mass is 9.94. The minimum atomic E-state index is 0.505. The van der Waals surface area contributed by atoms with Crippen molar-refractivity contribution in [1.82, 2.24) is 10.3 Å². The van der Waals surface area contributed by atoms with Crippen molar-refractivity contribution < 1.29 is 0 Å². The fourth-order valence-electron chi connectivity index (χ4n) is 2.93. The SMILES string of the molecule is N#Cc1cc(N2CC3CCCNC3C2)ccn1. The molecule has 2 unspecified atom stereocenters. The van der Waals surface area contributed by atoms with Crippen molar-refractivity contribution in [3.05, 3.63) is 24.0 Å². The Balaban J connectivity index is 1.79. The number of nitrogens with one attached hydrogen (secondary N) is 1. The highest BCUT2D eigenvalue weighted by Gasteiger charge is 2.34. The second kappa shape index (κ2) is 4.34. The number of rotatable bonds is 1. The summed E-state index contributed by atoms with van der Waals surface area (Å²) < 4.78 is 0. The zero-order valence-electron chi connectivity index (χ0n) is 9.76. The molecule has 0 bridgehead atoms. The van der Waals surface area contributed by atoms with E-state index in [1.54, 1.807) is 6.20 Å². The molecular weight excluding hydrogens is 212 g/mol. The van der Waals surface area contributed by atoms with Crippen LogP contribution in [0.2, 0.25) is 0 Å². The van der Waals surface area contributed by atoms with Crippen LogP contribution in [0.5, 0.6) is 0 Å². The minimum absolute atomic E-state index is 0.505. The summed E-state index contributed by atoms with van der Waals surface area (Å²) in [6, 6.07) is 6.61. The van der Waals surface area contributed by atoms with Crippen LogP contribution < -0.4 is 10.2 Å². The molecule has 0 radical (unpaired) electrons. The molecule has 88 valence electrons. The number of piperidine rings is 1. The number of nitriles is 1. The van der Waals surface area contributed by atoms with Crippen molar-refractivity contribution in [3.63, 3.8) is 0 Å². The van der Waals surface area contributed by atoms with E-state index in [4.69, 9.17) is 5.26 Å². The maximum Gasteiger partial charge on any atom is 0.142 e. The monoisotopic (exact) mass is 228 g/mol. The van der Waals surface area contributed by atoms with Crippen LogP contribution >= 0.6 is 0 Å². The molecular formula is C13H16N4. The van der Waals surface area contributed by atoms with Crippen LogP contribution in [0.15, 0.2) is 18.3 Å². The Kier molecular flexibility index (Phi) is 2.69. The Morgan fingerprint density at radius 1 is 1.47 bits per heavy atom. The molecule has 2 aliphatic rings. The first-order valence-electron chi connectivity index (χ1n) is 6.21. The summed E-state index contributed by atoms with van der Waals surface area (Å²) in [5.41, 5.74) is 1.64. The third-order valence-electron chi connectivity index (χ3n) is 3.82. The van der Waals surface area contributed by atoms with Gasteiger partial charge >= 0.3 is 0 Å². The molecule has 2 fully saturated rings. The average molecular weight is 228 g/mol. The van der Waals surface area contributed by atoms with Gasteiger partial charge in [0.15, 0.2) is 0 Å². The maximum absolute atomic E-state index is 8.87. The largest absolute Gasteiger partial charge is 0.369 e. The number of pyridine rings is 1. The zero-order chi connectivity index (χ0) is 11.7. The van der Waals surface area contributed by atoms with Crippen LogP contribution in [0.25, 0.3) is 0 Å². The predicted molar refractivity (Wildman–Crippen MR) is 65.7 cm³/mol. The van der Waals surface area contributed by atoms with Gasteiger partial charge in [-0.05, 0) is 37.4 Å². The standard InChI is InChI=1S/C13H16N4/c14-7-11-6-12(3-5-15-11)17-8-10-2-1-4-16-13(10)9-17/h3,5-6,10,13,16H,1-2,4,8-9H2. The fraction of sp³-hybridized carbons (Fsp3) is 0.538. The molecule has 0 amide bonds. The van der Waals surface area contributed by atoms with E-state index in [1.807, 2.05) is 12.1 Å². The second-order valence-corrected chi connectivity index (χ2v) is 4.88. The first-order chi connectivity index (χ1) is 8.36. The Labute approximate surface area is 101 Å². The molecule has 0 aromatic carbocycles. The third kappa shape index (κ3) is 1.98. The molecule has 4 nitrogen and oxygen atoms in total. The first-order valence-corrected chi connectivity index (χ1v) is 6.21. The van der Waals surface area contributed by atoms with E-state index in [1.165, 1.54) is 12.8 Å². The van der Waals surface area contributed by atoms with Gasteiger partial charge in [0.05, 0.1) is 0 Å². The Morgan fingerprint density at radius 3 is 3.24 bits per heavy atom. The minimum Gasteiger partial charge on any atom is -0.369 e. The highest BCUT2D eigenvalue weighted by atomic mass is 15.2. The summed E-state index contributed by atoms with van der Waals surface area (Å²) in [7, 11) is 0. The van der Waals surface area contributed by atoms with Crippen molar-refractivity contribution in [1.29, 1.82) is 5.26 Å². The van der Waals surface area contributed by atoms with E-state index in [0.29, 0.717) is 11.7 Å². The smallest absolute Gasteiger partial charge is 0.142 e. The molecule has 17 heavy (non-hydrogen) atoms. The molecule has 1 aromatic rings. The Hall–Kier alpha value is -1.60. The molecule has 0 saturated carbocycles. The van der Waals surface area contributed by atoms with Crippen LogP contribution in [0.3, 0.4) is 0 Å². The fourth-order valence-corrected chi connectivity index (χ4v) is 2.93. The Bertz CT molecular complexity index is 437. The van der Waals surface area contributed by atoms with Crippen LogP contribution in [-0.2, 0) is 0 Å². The van der Waals surface area contributed by atoms with Crippen molar-refractivity contribution in [2.45, 2.75) is 18.9 Å². The number of fused-ring (bicyclic) bond motifs is 1. The van der Waals surface area contributed by atoms with Gasteiger partial charge in [-0.2, -0.15) is 5.26 Å². The summed E-state index contributed by atoms with van der Waals surface area (Å²) in [4.78, 5) is 6.39. The average Bonchev–Trinajstić information content (AvgIpc) is 2.82. The van der Waals surface area contributed by atoms with E-state index in [0.717, 1.165) is 31.2 Å². The van der Waals surface area contributed by atoms with Crippen molar-refractivity contribution >= 4 is 5.69 Å². The van der Waals surface area contributed by atoms with Crippen molar-refractivity contribution in [2.24, 2.45) is 5.92 Å². The summed E-state index contributed by atoms with van der Waals surface area (Å²) in [6.45, 7) is 3.31. The third-order valence-corrected chi connectivity index (χ3v) is 3.82. The molecule has 1 N–H and O–H groups in total. The van der Waals surface area contributed by atoms with Gasteiger partial charge in [0.2, 0.25) is 0 Å². The number of aromatic nitrogens is 1. The zero-order valence-corrected chi connectivity index (χ0v) is 9.76. The molecule has 0 spiro atoms. The van der Waals surface area contributed by atoms with E-state index in [2.05, 4.69) is 21.3 Å². The van der Waals surface area contributed by atoms with Gasteiger partial charge < -0.3 is 10.2 Å². The Morgan fingerprint density at radius 2 is 2.41 bits per heavy atom. The highest BCUT2D eigenvalue weighted by Crippen LogP contribution is 2.28. The molecule has 2 saturated heterocycles. The van der Waals surface area contributed by atoms with E-state index < -0.39 is 0 Å². The van der Waals surface area contributed by atoms with Gasteiger partial charge in [-0.15, -0.1) is 0 Å². The first kappa shape index (κ1) is 10.5. The lowest BCUT2D eigenvalue weighted by Gasteiger charge is -2.24. The lowest BCUT2D eigenvalue weighted by molar-refractivity contribution is 0.340. The van der Waals surface area contributed by atoms with Crippen LogP contribution in [0.1, 0.15) is 18.5 Å². The lowest BCUT2D eigenvalue weighted by Crippen LogP contribution is -2.40. The summed E-state index contributed by atoms with van der Waals surface area (Å²) in [6.07, 6.45) is 4.34. The molecule has 4 heteroatoms. The normalized spacial score (nSPS) is 27.6. The van der Waals surface area contributed by atoms with Gasteiger partial charge in [0.25, 0.3) is 0 Å². The van der Waals surface area contributed by atoms with Crippen LogP contribution in [-0.4, -0.2) is 30.7 Å². The molecule has 2 atom stereocenters. The maximum atomic E-state index is 8.87. The van der Waals surface area contributed by atoms with Gasteiger partial charge in [-0.3, -0.25) is 0 Å². The molecule has 0 aliphatic carbocycles. The second-order valence-electron chi connectivity index (χ2n) is 4.88. The van der Waals surface area contributed by atoms with Crippen molar-refractivity contribution in [2.75, 3.05) is 24.5 Å². The van der Waals surface area contributed by atoms with Crippen LogP contribution in [0, 0.1) is 17.2 Å². The number of hydrogen-bond donors (Lipinski definition) is 1. The molecule has 1 aromatic heterocycles. The van der Waals surface area contributed by atoms with E-state index >= 15 is 0 Å². The van der Waals surface area contributed by atoms with Gasteiger partial charge in [-0.1, -0.05) is 0 Å². The molecule has 2 aliphatic heterocycles. The van der Waals surface area contributed by atoms with Crippen LogP contribution in [0.4, 0.5) is 5.69 Å². The van der Waals surface area contributed by atoms with E-state index in [9.17, 15) is 0 Å². The molecule has 3 rings (SSSR count). The van der Waals surface area contributed by atoms with E-state index in [-0.39, 0.29) is 0 Å². The van der Waals surface area contributed by atoms with Gasteiger partial charge in [0, 0.05) is 31.0 Å². The highest BCUT2D eigenvalue weighted by molar-refractivity contribution is 5.50. The topological polar surface area (TPSA) is 52.0 Å². The molecule has 3 heterocycles. The summed E-state index contributed by atoms with van der Waals surface area (Å²) >= 11 is 0. The number of hydrogen-bond acceptors (Lipinski definition) is 4. The predicted octanol–water partition coefficient (Wildman–Crippen LogP) is 1.14. The number of anilines is 1. The summed E-state index contributed by atoms with van der Waals surface area (Å²) in [5, 5.41) is 12.5. The van der Waals surface area contributed by atoms with Gasteiger partial charge in [0.1, 0.15) is 11.8 Å². The van der Waals surface area contributed by atoms with Crippen molar-refractivity contribution in [3.8, 4) is 6.07 Å².